The predicted octanol–water partition coefficient (Wildman–Crippen LogP) is 6.17. The summed E-state index contributed by atoms with van der Waals surface area (Å²) in [5.74, 6) is 0.670. The van der Waals surface area contributed by atoms with Crippen molar-refractivity contribution in [3.8, 4) is 22.6 Å². The van der Waals surface area contributed by atoms with Gasteiger partial charge in [-0.1, -0.05) is 52.3 Å². The maximum absolute atomic E-state index is 12.0. The number of ether oxygens (including phenoxy) is 2. The molecule has 0 amide bonds. The van der Waals surface area contributed by atoms with E-state index in [4.69, 9.17) is 9.47 Å². The summed E-state index contributed by atoms with van der Waals surface area (Å²) in [6.07, 6.45) is 0. The molecule has 0 radical (unpaired) electrons. The van der Waals surface area contributed by atoms with E-state index in [2.05, 4.69) is 31.9 Å². The Kier molecular flexibility index (Phi) is 6.12. The molecule has 0 spiro atoms. The van der Waals surface area contributed by atoms with Gasteiger partial charge in [-0.3, -0.25) is 0 Å². The number of carbonyl (C=O) groups excluding carboxylic acids is 1. The zero-order valence-corrected chi connectivity index (χ0v) is 17.2. The minimum Gasteiger partial charge on any atom is -0.481 e. The highest BCUT2D eigenvalue weighted by Crippen LogP contribution is 2.31. The van der Waals surface area contributed by atoms with Crippen LogP contribution in [-0.2, 0) is 4.79 Å². The maximum atomic E-state index is 12.0. The minimum atomic E-state index is -0.450. The number of esters is 1. The first-order valence-corrected chi connectivity index (χ1v) is 9.56. The zero-order chi connectivity index (χ0) is 18.5. The lowest BCUT2D eigenvalue weighted by Crippen LogP contribution is -2.18. The Bertz CT molecular complexity index is 924. The van der Waals surface area contributed by atoms with Gasteiger partial charge < -0.3 is 9.47 Å². The van der Waals surface area contributed by atoms with Gasteiger partial charge in [-0.05, 0) is 69.9 Å². The molecule has 0 unspecified atom stereocenters. The third-order valence-electron chi connectivity index (χ3n) is 3.75. The molecular formula is C21H16Br2O3. The molecule has 0 aliphatic rings. The van der Waals surface area contributed by atoms with E-state index in [1.54, 1.807) is 6.07 Å². The van der Waals surface area contributed by atoms with Crippen LogP contribution in [0.3, 0.4) is 0 Å². The Balaban J connectivity index is 1.63. The van der Waals surface area contributed by atoms with E-state index in [0.717, 1.165) is 25.6 Å². The molecule has 5 heteroatoms. The number of hydrogen-bond donors (Lipinski definition) is 0. The highest BCUT2D eigenvalue weighted by molar-refractivity contribution is 9.10. The summed E-state index contributed by atoms with van der Waals surface area (Å²) in [5.41, 5.74) is 3.06. The van der Waals surface area contributed by atoms with Crippen LogP contribution >= 0.6 is 31.9 Å². The molecule has 3 rings (SSSR count). The van der Waals surface area contributed by atoms with Crippen LogP contribution in [0.25, 0.3) is 11.1 Å². The lowest BCUT2D eigenvalue weighted by atomic mass is 10.1. The van der Waals surface area contributed by atoms with Crippen molar-refractivity contribution in [1.82, 2.24) is 0 Å². The van der Waals surface area contributed by atoms with Gasteiger partial charge in [0, 0.05) is 4.47 Å². The van der Waals surface area contributed by atoms with Crippen LogP contribution in [0.15, 0.2) is 75.7 Å². The van der Waals surface area contributed by atoms with Gasteiger partial charge in [0.25, 0.3) is 0 Å². The highest BCUT2D eigenvalue weighted by Gasteiger charge is 2.11. The SMILES string of the molecule is Cc1cc(Br)ccc1OC(=O)COc1ccc(-c2ccccc2)cc1Br. The van der Waals surface area contributed by atoms with Crippen molar-refractivity contribution in [2.45, 2.75) is 6.92 Å². The molecule has 0 aliphatic heterocycles. The molecule has 0 N–H and O–H groups in total. The summed E-state index contributed by atoms with van der Waals surface area (Å²) in [6, 6.07) is 21.3. The zero-order valence-electron chi connectivity index (χ0n) is 14.0. The highest BCUT2D eigenvalue weighted by atomic mass is 79.9. The minimum absolute atomic E-state index is 0.168. The van der Waals surface area contributed by atoms with Crippen molar-refractivity contribution < 1.29 is 14.3 Å². The van der Waals surface area contributed by atoms with Crippen molar-refractivity contribution in [2.75, 3.05) is 6.61 Å². The van der Waals surface area contributed by atoms with Gasteiger partial charge in [0.15, 0.2) is 6.61 Å². The smallest absolute Gasteiger partial charge is 0.349 e. The van der Waals surface area contributed by atoms with E-state index in [-0.39, 0.29) is 6.61 Å². The molecule has 26 heavy (non-hydrogen) atoms. The summed E-state index contributed by atoms with van der Waals surface area (Å²) in [5, 5.41) is 0. The van der Waals surface area contributed by atoms with E-state index in [0.29, 0.717) is 11.5 Å². The first kappa shape index (κ1) is 18.7. The van der Waals surface area contributed by atoms with Crippen LogP contribution in [0.4, 0.5) is 0 Å². The van der Waals surface area contributed by atoms with Gasteiger partial charge in [0.05, 0.1) is 4.47 Å². The van der Waals surface area contributed by atoms with Crippen LogP contribution < -0.4 is 9.47 Å². The van der Waals surface area contributed by atoms with Gasteiger partial charge in [-0.25, -0.2) is 4.79 Å². The lowest BCUT2D eigenvalue weighted by molar-refractivity contribution is -0.136. The van der Waals surface area contributed by atoms with E-state index in [1.165, 1.54) is 0 Å². The van der Waals surface area contributed by atoms with Crippen molar-refractivity contribution in [3.63, 3.8) is 0 Å². The summed E-state index contributed by atoms with van der Waals surface area (Å²) in [6.45, 7) is 1.71. The maximum Gasteiger partial charge on any atom is 0.349 e. The van der Waals surface area contributed by atoms with Crippen molar-refractivity contribution >= 4 is 37.8 Å². The van der Waals surface area contributed by atoms with Crippen LogP contribution in [0.1, 0.15) is 5.56 Å². The fraction of sp³-hybridized carbons (Fsp3) is 0.0952. The monoisotopic (exact) mass is 474 g/mol. The first-order chi connectivity index (χ1) is 12.5. The van der Waals surface area contributed by atoms with Crippen LogP contribution in [0.2, 0.25) is 0 Å². The third kappa shape index (κ3) is 4.74. The molecule has 132 valence electrons. The summed E-state index contributed by atoms with van der Waals surface area (Å²) >= 11 is 6.88. The molecule has 0 saturated heterocycles. The first-order valence-electron chi connectivity index (χ1n) is 7.97. The van der Waals surface area contributed by atoms with E-state index in [1.807, 2.05) is 67.6 Å². The Morgan fingerprint density at radius 2 is 1.62 bits per heavy atom. The molecule has 3 aromatic rings. The fourth-order valence-corrected chi connectivity index (χ4v) is 3.41. The Morgan fingerprint density at radius 3 is 2.31 bits per heavy atom. The van der Waals surface area contributed by atoms with E-state index < -0.39 is 5.97 Å². The van der Waals surface area contributed by atoms with Gasteiger partial charge in [-0.2, -0.15) is 0 Å². The van der Waals surface area contributed by atoms with Crippen LogP contribution in [-0.4, -0.2) is 12.6 Å². The predicted molar refractivity (Wildman–Crippen MR) is 110 cm³/mol. The molecule has 0 saturated carbocycles. The molecule has 0 bridgehead atoms. The largest absolute Gasteiger partial charge is 0.481 e. The molecule has 0 fully saturated rings. The molecular weight excluding hydrogens is 460 g/mol. The molecule has 0 heterocycles. The van der Waals surface area contributed by atoms with Gasteiger partial charge >= 0.3 is 5.97 Å². The van der Waals surface area contributed by atoms with Crippen molar-refractivity contribution in [3.05, 3.63) is 81.2 Å². The standard InChI is InChI=1S/C21H16Br2O3/c1-14-11-17(22)8-10-19(14)26-21(24)13-25-20-9-7-16(12-18(20)23)15-5-3-2-4-6-15/h2-12H,13H2,1H3. The van der Waals surface area contributed by atoms with Gasteiger partial charge in [0.2, 0.25) is 0 Å². The average Bonchev–Trinajstić information content (AvgIpc) is 2.64. The van der Waals surface area contributed by atoms with E-state index in [9.17, 15) is 4.79 Å². The number of halogens is 2. The second-order valence-electron chi connectivity index (χ2n) is 5.68. The van der Waals surface area contributed by atoms with E-state index >= 15 is 0 Å². The average molecular weight is 476 g/mol. The number of benzene rings is 3. The number of rotatable bonds is 5. The molecule has 3 nitrogen and oxygen atoms in total. The summed E-state index contributed by atoms with van der Waals surface area (Å²) in [7, 11) is 0. The topological polar surface area (TPSA) is 35.5 Å². The second kappa shape index (κ2) is 8.52. The molecule has 3 aromatic carbocycles. The second-order valence-corrected chi connectivity index (χ2v) is 7.45. The lowest BCUT2D eigenvalue weighted by Gasteiger charge is -2.11. The quantitative estimate of drug-likeness (QED) is 0.327. The summed E-state index contributed by atoms with van der Waals surface area (Å²) < 4.78 is 12.7. The molecule has 0 aromatic heterocycles. The normalized spacial score (nSPS) is 10.4. The van der Waals surface area contributed by atoms with Crippen LogP contribution in [0.5, 0.6) is 11.5 Å². The van der Waals surface area contributed by atoms with Gasteiger partial charge in [-0.15, -0.1) is 0 Å². The summed E-state index contributed by atoms with van der Waals surface area (Å²) in [4.78, 5) is 12.0. The fourth-order valence-electron chi connectivity index (χ4n) is 2.44. The van der Waals surface area contributed by atoms with Gasteiger partial charge in [0.1, 0.15) is 11.5 Å². The van der Waals surface area contributed by atoms with Crippen molar-refractivity contribution in [2.24, 2.45) is 0 Å². The Hall–Kier alpha value is -2.11. The molecule has 0 atom stereocenters. The van der Waals surface area contributed by atoms with Crippen molar-refractivity contribution in [1.29, 1.82) is 0 Å². The third-order valence-corrected chi connectivity index (χ3v) is 4.86. The molecule has 0 aliphatic carbocycles. The van der Waals surface area contributed by atoms with Crippen LogP contribution in [0, 0.1) is 6.92 Å². The Labute approximate surface area is 169 Å². The number of carbonyl (C=O) groups is 1. The Morgan fingerprint density at radius 1 is 0.885 bits per heavy atom. The number of hydrogen-bond acceptors (Lipinski definition) is 3. The number of aryl methyl sites for hydroxylation is 1.